The zero-order valence-corrected chi connectivity index (χ0v) is 15.9. The van der Waals surface area contributed by atoms with Crippen LogP contribution in [0.5, 0.6) is 5.75 Å². The van der Waals surface area contributed by atoms with E-state index in [-0.39, 0.29) is 25.5 Å². The quantitative estimate of drug-likeness (QED) is 0.570. The number of nitrogens with one attached hydrogen (secondary N) is 1. The van der Waals surface area contributed by atoms with Gasteiger partial charge in [-0.25, -0.2) is 8.78 Å². The van der Waals surface area contributed by atoms with Crippen molar-refractivity contribution in [2.24, 2.45) is 0 Å². The number of rotatable bonds is 9. The first-order valence-corrected chi connectivity index (χ1v) is 9.15. The lowest BCUT2D eigenvalue weighted by molar-refractivity contribution is -0.120. The highest BCUT2D eigenvalue weighted by Crippen LogP contribution is 2.22. The summed E-state index contributed by atoms with van der Waals surface area (Å²) in [5.41, 5.74) is 2.92. The smallest absolute Gasteiger partial charge is 0.272 e. The molecule has 0 aliphatic carbocycles. The number of pyridine rings is 1. The van der Waals surface area contributed by atoms with E-state index >= 15 is 0 Å². The Labute approximate surface area is 166 Å². The Morgan fingerprint density at radius 1 is 1.34 bits per heavy atom. The van der Waals surface area contributed by atoms with Crippen molar-refractivity contribution in [2.45, 2.75) is 26.3 Å². The molecule has 0 unspecified atom stereocenters. The Morgan fingerprint density at radius 3 is 2.93 bits per heavy atom. The van der Waals surface area contributed by atoms with Crippen LogP contribution in [0.25, 0.3) is 10.9 Å². The van der Waals surface area contributed by atoms with E-state index in [1.54, 1.807) is 36.1 Å². The van der Waals surface area contributed by atoms with Crippen LogP contribution in [-0.2, 0) is 17.8 Å². The highest BCUT2D eigenvalue weighted by atomic mass is 19.3. The van der Waals surface area contributed by atoms with Gasteiger partial charge in [-0.2, -0.15) is 5.10 Å². The Kier molecular flexibility index (Phi) is 6.71. The van der Waals surface area contributed by atoms with Crippen LogP contribution >= 0.6 is 0 Å². The van der Waals surface area contributed by atoms with Crippen LogP contribution in [0.3, 0.4) is 0 Å². The summed E-state index contributed by atoms with van der Waals surface area (Å²) in [6.45, 7) is 1.63. The van der Waals surface area contributed by atoms with E-state index in [0.717, 1.165) is 16.5 Å². The summed E-state index contributed by atoms with van der Waals surface area (Å²) in [6, 6.07) is 7.19. The van der Waals surface area contributed by atoms with Crippen molar-refractivity contribution in [1.29, 1.82) is 0 Å². The number of halogens is 2. The van der Waals surface area contributed by atoms with Crippen molar-refractivity contribution in [1.82, 2.24) is 20.1 Å². The number of carbonyl (C=O) groups is 1. The molecule has 0 bridgehead atoms. The third-order valence-electron chi connectivity index (χ3n) is 4.29. The minimum Gasteiger partial charge on any atom is -0.487 e. The number of aliphatic hydroxyl groups is 1. The molecule has 2 heterocycles. The van der Waals surface area contributed by atoms with Crippen molar-refractivity contribution >= 4 is 16.8 Å². The van der Waals surface area contributed by atoms with Gasteiger partial charge in [0.1, 0.15) is 12.4 Å². The van der Waals surface area contributed by atoms with Crippen LogP contribution in [-0.4, -0.2) is 52.0 Å². The fourth-order valence-electron chi connectivity index (χ4n) is 2.92. The molecule has 2 aromatic heterocycles. The van der Waals surface area contributed by atoms with Gasteiger partial charge in [0, 0.05) is 24.3 Å². The number of fused-ring (bicyclic) bond motifs is 1. The van der Waals surface area contributed by atoms with Crippen molar-refractivity contribution < 1.29 is 23.4 Å². The molecule has 0 saturated heterocycles. The number of carbonyl (C=O) groups excluding carboxylic acids is 1. The van der Waals surface area contributed by atoms with Crippen LogP contribution in [0.4, 0.5) is 8.78 Å². The molecular formula is C20H22F2N4O3. The number of aryl methyl sites for hydroxylation is 1. The standard InChI is InChI=1S/C20H22F2N4O3/c1-13-2-3-14(8-18(13)29-12-19(21)22)10-26-11-15-16(25-26)4-5-23-17(15)9-20(28)24-6-7-27/h2-5,8,11,19,27H,6-7,9-10,12H2,1H3,(H,24,28). The predicted molar refractivity (Wildman–Crippen MR) is 103 cm³/mol. The molecule has 3 aromatic rings. The monoisotopic (exact) mass is 404 g/mol. The van der Waals surface area contributed by atoms with Crippen LogP contribution < -0.4 is 10.1 Å². The predicted octanol–water partition coefficient (Wildman–Crippen LogP) is 2.08. The summed E-state index contributed by atoms with van der Waals surface area (Å²) >= 11 is 0. The number of alkyl halides is 2. The van der Waals surface area contributed by atoms with Gasteiger partial charge in [-0.3, -0.25) is 14.5 Å². The lowest BCUT2D eigenvalue weighted by atomic mass is 10.1. The Balaban J connectivity index is 1.78. The van der Waals surface area contributed by atoms with Gasteiger partial charge in [-0.15, -0.1) is 0 Å². The van der Waals surface area contributed by atoms with E-state index in [1.165, 1.54) is 0 Å². The second-order valence-corrected chi connectivity index (χ2v) is 6.57. The van der Waals surface area contributed by atoms with Crippen molar-refractivity contribution in [3.63, 3.8) is 0 Å². The summed E-state index contributed by atoms with van der Waals surface area (Å²) in [6.07, 6.45) is 0.946. The molecule has 1 aromatic carbocycles. The first kappa shape index (κ1) is 20.7. The topological polar surface area (TPSA) is 89.3 Å². The second-order valence-electron chi connectivity index (χ2n) is 6.57. The van der Waals surface area contributed by atoms with Gasteiger partial charge in [0.25, 0.3) is 6.43 Å². The van der Waals surface area contributed by atoms with E-state index < -0.39 is 13.0 Å². The summed E-state index contributed by atoms with van der Waals surface area (Å²) < 4.78 is 31.7. The van der Waals surface area contributed by atoms with Gasteiger partial charge in [0.05, 0.1) is 30.8 Å². The molecule has 0 atom stereocenters. The van der Waals surface area contributed by atoms with Gasteiger partial charge in [-0.05, 0) is 30.2 Å². The average molecular weight is 404 g/mol. The average Bonchev–Trinajstić information content (AvgIpc) is 3.10. The lowest BCUT2D eigenvalue weighted by Crippen LogP contribution is -2.28. The number of hydrogen-bond acceptors (Lipinski definition) is 5. The number of ether oxygens (including phenoxy) is 1. The van der Waals surface area contributed by atoms with Crippen molar-refractivity contribution in [3.05, 3.63) is 53.5 Å². The number of benzene rings is 1. The molecule has 3 rings (SSSR count). The highest BCUT2D eigenvalue weighted by molar-refractivity contribution is 5.86. The molecule has 0 radical (unpaired) electrons. The van der Waals surface area contributed by atoms with E-state index in [4.69, 9.17) is 9.84 Å². The number of nitrogens with zero attached hydrogens (tertiary/aromatic N) is 3. The van der Waals surface area contributed by atoms with Crippen molar-refractivity contribution in [2.75, 3.05) is 19.8 Å². The molecule has 9 heteroatoms. The molecule has 29 heavy (non-hydrogen) atoms. The number of hydrogen-bond donors (Lipinski definition) is 2. The van der Waals surface area contributed by atoms with Gasteiger partial charge < -0.3 is 15.2 Å². The highest BCUT2D eigenvalue weighted by Gasteiger charge is 2.12. The van der Waals surface area contributed by atoms with Gasteiger partial charge in [-0.1, -0.05) is 12.1 Å². The first-order chi connectivity index (χ1) is 14.0. The molecule has 0 aliphatic heterocycles. The Bertz CT molecular complexity index is 991. The number of amides is 1. The fourth-order valence-corrected chi connectivity index (χ4v) is 2.92. The normalized spacial score (nSPS) is 11.2. The summed E-state index contributed by atoms with van der Waals surface area (Å²) in [5.74, 6) is 0.188. The van der Waals surface area contributed by atoms with Crippen LogP contribution in [0, 0.1) is 6.92 Å². The molecule has 0 saturated carbocycles. The van der Waals surface area contributed by atoms with E-state index in [2.05, 4.69) is 15.4 Å². The van der Waals surface area contributed by atoms with Crippen LogP contribution in [0.2, 0.25) is 0 Å². The molecule has 154 valence electrons. The lowest BCUT2D eigenvalue weighted by Gasteiger charge is -2.11. The number of aliphatic hydroxyl groups excluding tert-OH is 1. The zero-order chi connectivity index (χ0) is 20.8. The summed E-state index contributed by atoms with van der Waals surface area (Å²) in [4.78, 5) is 16.2. The minimum atomic E-state index is -2.53. The minimum absolute atomic E-state index is 0.0825. The maximum atomic E-state index is 12.4. The van der Waals surface area contributed by atoms with Gasteiger partial charge >= 0.3 is 0 Å². The third-order valence-corrected chi connectivity index (χ3v) is 4.29. The summed E-state index contributed by atoms with van der Waals surface area (Å²) in [7, 11) is 0. The fraction of sp³-hybridized carbons (Fsp3) is 0.350. The number of aromatic nitrogens is 3. The molecular weight excluding hydrogens is 382 g/mol. The third kappa shape index (κ3) is 5.47. The largest absolute Gasteiger partial charge is 0.487 e. The second kappa shape index (κ2) is 9.42. The molecule has 0 aliphatic rings. The van der Waals surface area contributed by atoms with Crippen molar-refractivity contribution in [3.8, 4) is 5.75 Å². The van der Waals surface area contributed by atoms with Gasteiger partial charge in [0.2, 0.25) is 5.91 Å². The van der Waals surface area contributed by atoms with Crippen LogP contribution in [0.1, 0.15) is 16.8 Å². The van der Waals surface area contributed by atoms with Gasteiger partial charge in [0.15, 0.2) is 0 Å². The van der Waals surface area contributed by atoms with E-state index in [0.29, 0.717) is 23.5 Å². The zero-order valence-electron chi connectivity index (χ0n) is 15.9. The Morgan fingerprint density at radius 2 is 2.17 bits per heavy atom. The first-order valence-electron chi connectivity index (χ1n) is 9.15. The molecule has 0 fully saturated rings. The van der Waals surface area contributed by atoms with Crippen LogP contribution in [0.15, 0.2) is 36.7 Å². The maximum Gasteiger partial charge on any atom is 0.272 e. The molecule has 2 N–H and O–H groups in total. The summed E-state index contributed by atoms with van der Waals surface area (Å²) in [5, 5.41) is 16.7. The molecule has 7 nitrogen and oxygen atoms in total. The van der Waals surface area contributed by atoms with E-state index in [9.17, 15) is 13.6 Å². The van der Waals surface area contributed by atoms with E-state index in [1.807, 2.05) is 12.1 Å². The molecule has 1 amide bonds. The Hall–Kier alpha value is -3.07. The molecule has 0 spiro atoms. The maximum absolute atomic E-state index is 12.4. The SMILES string of the molecule is Cc1ccc(Cn2cc3c(CC(=O)NCCO)nccc3n2)cc1OCC(F)F.